The van der Waals surface area contributed by atoms with Gasteiger partial charge in [0, 0.05) is 6.42 Å². The predicted octanol–water partition coefficient (Wildman–Crippen LogP) is 10.9. The van der Waals surface area contributed by atoms with Crippen LogP contribution in [0.3, 0.4) is 0 Å². The Morgan fingerprint density at radius 1 is 0.394 bits per heavy atom. The molecule has 17 atom stereocenters. The highest BCUT2D eigenvalue weighted by Crippen LogP contribution is 2.33. The minimum atomic E-state index is -1.98. The fourth-order valence-electron chi connectivity index (χ4n) is 12.2. The number of hydrogen-bond donors (Lipinski definition) is 12. The van der Waals surface area contributed by atoms with Crippen molar-refractivity contribution >= 4 is 5.91 Å². The van der Waals surface area contributed by atoms with E-state index < -0.39 is 124 Å². The zero-order valence-corrected chi connectivity index (χ0v) is 57.9. The van der Waals surface area contributed by atoms with Crippen LogP contribution in [0.4, 0.5) is 0 Å². The topological polar surface area (TPSA) is 307 Å². The highest BCUT2D eigenvalue weighted by Gasteiger charge is 2.53. The molecule has 0 spiro atoms. The van der Waals surface area contributed by atoms with E-state index in [1.54, 1.807) is 6.08 Å². The van der Waals surface area contributed by atoms with E-state index in [1.165, 1.54) is 161 Å². The Balaban J connectivity index is 1.23. The van der Waals surface area contributed by atoms with E-state index >= 15 is 0 Å². The molecule has 3 heterocycles. The second-order valence-corrected chi connectivity index (χ2v) is 26.4. The zero-order valence-electron chi connectivity index (χ0n) is 57.9. The lowest BCUT2D eigenvalue weighted by molar-refractivity contribution is -0.379. The molecule has 0 aliphatic carbocycles. The van der Waals surface area contributed by atoms with Gasteiger partial charge in [-0.25, -0.2) is 0 Å². The first-order chi connectivity index (χ1) is 45.8. The molecule has 3 aliphatic rings. The van der Waals surface area contributed by atoms with Gasteiger partial charge in [-0.1, -0.05) is 267 Å². The summed E-state index contributed by atoms with van der Waals surface area (Å²) in [4.78, 5) is 13.3. The Morgan fingerprint density at radius 3 is 1.19 bits per heavy atom. The van der Waals surface area contributed by atoms with Crippen LogP contribution in [-0.2, 0) is 33.2 Å². The van der Waals surface area contributed by atoms with Crippen LogP contribution >= 0.6 is 0 Å². The molecule has 1 amide bonds. The molecule has 3 rings (SSSR count). The van der Waals surface area contributed by atoms with Gasteiger partial charge in [0.2, 0.25) is 5.91 Å². The Hall–Kier alpha value is -2.77. The summed E-state index contributed by atoms with van der Waals surface area (Å²) in [6.45, 7) is 1.51. The molecule has 0 radical (unpaired) electrons. The summed E-state index contributed by atoms with van der Waals surface area (Å²) < 4.78 is 34.2. The SMILES string of the molecule is CC/C=C\C/C=C\C/C=C\C/C=C\CCCCCCCCCCCCCCCCCCCCCCCCCCCCCCC(=O)NC(COC1OC(CO)C(OC2OC(CO)C(OC3OC(CO)C(O)C(O)C3O)C(O)C2O)C(O)C1O)C(O)/C=C/CC/C=C/CCCC. The highest BCUT2D eigenvalue weighted by atomic mass is 16.8. The first-order valence-corrected chi connectivity index (χ1v) is 37.2. The molecule has 0 bridgehead atoms. The second kappa shape index (κ2) is 56.0. The molecule has 546 valence electrons. The van der Waals surface area contributed by atoms with Gasteiger partial charge < -0.3 is 89.9 Å². The number of amides is 1. The summed E-state index contributed by atoms with van der Waals surface area (Å²) in [6.07, 6.45) is 45.5. The van der Waals surface area contributed by atoms with Gasteiger partial charge in [-0.15, -0.1) is 0 Å². The Bertz CT molecular complexity index is 1980. The van der Waals surface area contributed by atoms with Crippen LogP contribution in [-0.4, -0.2) is 193 Å². The molecule has 19 nitrogen and oxygen atoms in total. The van der Waals surface area contributed by atoms with Crippen molar-refractivity contribution in [2.75, 3.05) is 26.4 Å². The molecule has 0 aromatic carbocycles. The third-order valence-corrected chi connectivity index (χ3v) is 18.2. The van der Waals surface area contributed by atoms with E-state index in [0.29, 0.717) is 12.8 Å². The average Bonchev–Trinajstić information content (AvgIpc) is 0.834. The number of aliphatic hydroxyl groups is 11. The van der Waals surface area contributed by atoms with Gasteiger partial charge >= 0.3 is 0 Å². The average molecular weight is 1340 g/mol. The molecule has 19 heteroatoms. The molecule has 12 N–H and O–H groups in total. The fourth-order valence-corrected chi connectivity index (χ4v) is 12.2. The van der Waals surface area contributed by atoms with Gasteiger partial charge in [-0.05, 0) is 64.2 Å². The smallest absolute Gasteiger partial charge is 0.220 e. The van der Waals surface area contributed by atoms with Crippen LogP contribution in [0.2, 0.25) is 0 Å². The minimum Gasteiger partial charge on any atom is -0.394 e. The molecule has 3 fully saturated rings. The molecule has 17 unspecified atom stereocenters. The van der Waals surface area contributed by atoms with Gasteiger partial charge in [0.25, 0.3) is 0 Å². The summed E-state index contributed by atoms with van der Waals surface area (Å²) >= 11 is 0. The number of nitrogens with one attached hydrogen (secondary N) is 1. The van der Waals surface area contributed by atoms with Crippen molar-refractivity contribution in [1.82, 2.24) is 5.32 Å². The summed E-state index contributed by atoms with van der Waals surface area (Å²) in [6, 6.07) is -0.987. The predicted molar refractivity (Wildman–Crippen MR) is 369 cm³/mol. The number of carbonyl (C=O) groups is 1. The van der Waals surface area contributed by atoms with Crippen molar-refractivity contribution in [1.29, 1.82) is 0 Å². The van der Waals surface area contributed by atoms with Crippen LogP contribution in [0.1, 0.15) is 264 Å². The monoisotopic (exact) mass is 1340 g/mol. The van der Waals surface area contributed by atoms with Gasteiger partial charge in [-0.3, -0.25) is 4.79 Å². The quantitative estimate of drug-likeness (QED) is 0.0199. The third-order valence-electron chi connectivity index (χ3n) is 18.2. The van der Waals surface area contributed by atoms with E-state index in [0.717, 1.165) is 70.6 Å². The van der Waals surface area contributed by atoms with Crippen molar-refractivity contribution in [3.8, 4) is 0 Å². The summed E-state index contributed by atoms with van der Waals surface area (Å²) in [5, 5.41) is 120. The summed E-state index contributed by atoms with van der Waals surface area (Å²) in [7, 11) is 0. The normalized spacial score (nSPS) is 27.8. The van der Waals surface area contributed by atoms with Crippen molar-refractivity contribution in [3.63, 3.8) is 0 Å². The zero-order chi connectivity index (χ0) is 68.2. The van der Waals surface area contributed by atoms with Crippen LogP contribution in [0.5, 0.6) is 0 Å². The van der Waals surface area contributed by atoms with Crippen LogP contribution in [0.25, 0.3) is 0 Å². The Labute approximate surface area is 566 Å². The van der Waals surface area contributed by atoms with E-state index in [4.69, 9.17) is 28.4 Å². The maximum absolute atomic E-state index is 13.3. The van der Waals surface area contributed by atoms with Crippen LogP contribution in [0.15, 0.2) is 72.9 Å². The minimum absolute atomic E-state index is 0.237. The lowest BCUT2D eigenvalue weighted by atomic mass is 9.96. The maximum Gasteiger partial charge on any atom is 0.220 e. The Morgan fingerprint density at radius 2 is 0.745 bits per heavy atom. The molecule has 3 aliphatic heterocycles. The summed E-state index contributed by atoms with van der Waals surface area (Å²) in [5.74, 6) is -0.287. The lowest BCUT2D eigenvalue weighted by Gasteiger charge is -2.48. The number of hydrogen-bond acceptors (Lipinski definition) is 18. The van der Waals surface area contributed by atoms with Gasteiger partial charge in [0.15, 0.2) is 18.9 Å². The number of carbonyl (C=O) groups excluding carboxylic acids is 1. The molecule has 0 aromatic heterocycles. The van der Waals surface area contributed by atoms with Crippen molar-refractivity contribution in [2.45, 2.75) is 369 Å². The molecular formula is C75H133NO18. The number of unbranched alkanes of at least 4 members (excludes halogenated alkanes) is 31. The maximum atomic E-state index is 13.3. The number of aliphatic hydroxyl groups excluding tert-OH is 11. The Kier molecular flexibility index (Phi) is 50.9. The first kappa shape index (κ1) is 85.5. The number of ether oxygens (including phenoxy) is 6. The van der Waals surface area contributed by atoms with Gasteiger partial charge in [0.1, 0.15) is 73.2 Å². The first-order valence-electron chi connectivity index (χ1n) is 37.2. The molecular weight excluding hydrogens is 1200 g/mol. The van der Waals surface area contributed by atoms with Gasteiger partial charge in [0.05, 0.1) is 38.6 Å². The van der Waals surface area contributed by atoms with Gasteiger partial charge in [-0.2, -0.15) is 0 Å². The lowest BCUT2D eigenvalue weighted by Crippen LogP contribution is -2.66. The molecule has 0 saturated carbocycles. The van der Waals surface area contributed by atoms with E-state index in [9.17, 15) is 61.0 Å². The van der Waals surface area contributed by atoms with Crippen LogP contribution < -0.4 is 5.32 Å². The standard InChI is InChI=1S/C75H133NO18/c1-3-5-7-9-11-13-14-15-16-17-18-19-20-21-22-23-24-25-26-27-28-29-30-31-32-33-34-35-36-37-38-39-40-41-42-43-44-45-47-49-51-53-63(81)76-58(59(80)52-50-48-46-12-10-8-6-4-2)57-89-73-69(87)66(84)71(61(55-78)91-73)94-75-70(88)67(85)72(62(56-79)92-75)93-74-68(86)65(83)64(82)60(54-77)90-74/h5,7,10-13,15-16,18-19,50,52,58-62,64-75,77-80,82-88H,3-4,6,8-9,14,17,20-49,51,53-57H2,1-2H3,(H,76,81)/b7-5-,12-10+,13-11-,16-15-,19-18-,52-50+. The third kappa shape index (κ3) is 36.9. The molecule has 94 heavy (non-hydrogen) atoms. The largest absolute Gasteiger partial charge is 0.394 e. The van der Waals surface area contributed by atoms with Crippen LogP contribution in [0, 0.1) is 0 Å². The number of allylic oxidation sites excluding steroid dienone is 11. The van der Waals surface area contributed by atoms with E-state index in [2.05, 4.69) is 79.9 Å². The van der Waals surface area contributed by atoms with E-state index in [-0.39, 0.29) is 18.9 Å². The van der Waals surface area contributed by atoms with Crippen molar-refractivity contribution in [3.05, 3.63) is 72.9 Å². The summed E-state index contributed by atoms with van der Waals surface area (Å²) in [5.41, 5.74) is 0. The number of rotatable bonds is 57. The van der Waals surface area contributed by atoms with Crippen molar-refractivity contribution in [2.24, 2.45) is 0 Å². The van der Waals surface area contributed by atoms with E-state index in [1.807, 2.05) is 6.08 Å². The highest BCUT2D eigenvalue weighted by molar-refractivity contribution is 5.76. The molecule has 3 saturated heterocycles. The molecule has 0 aromatic rings. The van der Waals surface area contributed by atoms with Crippen molar-refractivity contribution < 1.29 is 89.4 Å². The second-order valence-electron chi connectivity index (χ2n) is 26.4. The fraction of sp³-hybridized carbons (Fsp3) is 0.827.